The Morgan fingerprint density at radius 3 is 2.70 bits per heavy atom. The van der Waals surface area contributed by atoms with Crippen LogP contribution in [0.4, 0.5) is 4.39 Å². The Labute approximate surface area is 121 Å². The molecule has 1 amide bonds. The molecule has 0 aliphatic heterocycles. The van der Waals surface area contributed by atoms with Crippen LogP contribution >= 0.6 is 11.6 Å². The van der Waals surface area contributed by atoms with Crippen LogP contribution in [0, 0.1) is 5.82 Å². The molecule has 0 radical (unpaired) electrons. The number of hydrogen-bond acceptors (Lipinski definition) is 4. The van der Waals surface area contributed by atoms with E-state index in [0.29, 0.717) is 19.6 Å². The van der Waals surface area contributed by atoms with Crippen molar-refractivity contribution in [3.05, 3.63) is 28.5 Å². The van der Waals surface area contributed by atoms with Crippen LogP contribution in [0.15, 0.2) is 17.0 Å². The van der Waals surface area contributed by atoms with Crippen molar-refractivity contribution >= 4 is 27.5 Å². The summed E-state index contributed by atoms with van der Waals surface area (Å²) in [6.45, 7) is 0.769. The molecule has 1 aromatic carbocycles. The number of nitrogens with two attached hydrogens (primary N) is 1. The minimum atomic E-state index is -4.27. The van der Waals surface area contributed by atoms with Crippen LogP contribution < -0.4 is 10.5 Å². The summed E-state index contributed by atoms with van der Waals surface area (Å²) in [4.78, 5) is 11.1. The minimum Gasteiger partial charge on any atom is -0.385 e. The number of amides is 1. The van der Waals surface area contributed by atoms with Gasteiger partial charge in [-0.15, -0.1) is 0 Å². The van der Waals surface area contributed by atoms with Crippen LogP contribution in [-0.2, 0) is 14.8 Å². The highest BCUT2D eigenvalue weighted by atomic mass is 35.5. The zero-order valence-electron chi connectivity index (χ0n) is 10.7. The monoisotopic (exact) mass is 324 g/mol. The van der Waals surface area contributed by atoms with Crippen LogP contribution in [0.3, 0.4) is 0 Å². The van der Waals surface area contributed by atoms with Gasteiger partial charge in [-0.1, -0.05) is 11.6 Å². The Morgan fingerprint density at radius 1 is 1.50 bits per heavy atom. The zero-order chi connectivity index (χ0) is 15.3. The van der Waals surface area contributed by atoms with Gasteiger partial charge in [-0.05, 0) is 18.6 Å². The Bertz CT molecular complexity index is 607. The molecule has 0 atom stereocenters. The van der Waals surface area contributed by atoms with Crippen LogP contribution in [0.5, 0.6) is 0 Å². The normalized spacial score (nSPS) is 11.4. The lowest BCUT2D eigenvalue weighted by Crippen LogP contribution is -2.26. The quantitative estimate of drug-likeness (QED) is 0.759. The molecule has 0 aromatic heterocycles. The highest BCUT2D eigenvalue weighted by Gasteiger charge is 2.20. The van der Waals surface area contributed by atoms with Crippen molar-refractivity contribution in [2.24, 2.45) is 5.14 Å². The highest BCUT2D eigenvalue weighted by molar-refractivity contribution is 7.89. The summed E-state index contributed by atoms with van der Waals surface area (Å²) in [5, 5.41) is 7.17. The van der Waals surface area contributed by atoms with Crippen molar-refractivity contribution in [1.82, 2.24) is 5.32 Å². The van der Waals surface area contributed by atoms with Crippen molar-refractivity contribution < 1.29 is 22.3 Å². The molecule has 0 fully saturated rings. The van der Waals surface area contributed by atoms with Crippen LogP contribution in [-0.4, -0.2) is 34.6 Å². The summed E-state index contributed by atoms with van der Waals surface area (Å²) < 4.78 is 40.6. The number of carbonyl (C=O) groups excluding carboxylic acids is 1. The number of benzene rings is 1. The molecule has 1 aromatic rings. The fourth-order valence-corrected chi connectivity index (χ4v) is 2.28. The first-order chi connectivity index (χ1) is 9.27. The highest BCUT2D eigenvalue weighted by Crippen LogP contribution is 2.23. The predicted octanol–water partition coefficient (Wildman–Crippen LogP) is 0.893. The fraction of sp³-hybridized carbons (Fsp3) is 0.364. The van der Waals surface area contributed by atoms with Crippen molar-refractivity contribution in [2.75, 3.05) is 20.3 Å². The third kappa shape index (κ3) is 4.41. The van der Waals surface area contributed by atoms with Gasteiger partial charge in [-0.3, -0.25) is 4.79 Å². The molecular formula is C11H14ClFN2O4S. The van der Waals surface area contributed by atoms with Crippen molar-refractivity contribution in [3.8, 4) is 0 Å². The summed E-state index contributed by atoms with van der Waals surface area (Å²) in [6, 6.07) is 1.56. The number of hydrogen-bond donors (Lipinski definition) is 2. The summed E-state index contributed by atoms with van der Waals surface area (Å²) in [6.07, 6.45) is 0.573. The molecule has 0 saturated heterocycles. The van der Waals surface area contributed by atoms with Crippen molar-refractivity contribution in [2.45, 2.75) is 11.3 Å². The second-order valence-electron chi connectivity index (χ2n) is 3.91. The second kappa shape index (κ2) is 6.98. The molecule has 1 rings (SSSR count). The largest absolute Gasteiger partial charge is 0.385 e. The fourth-order valence-electron chi connectivity index (χ4n) is 1.43. The molecule has 9 heteroatoms. The van der Waals surface area contributed by atoms with E-state index in [1.54, 1.807) is 0 Å². The molecule has 0 saturated carbocycles. The van der Waals surface area contributed by atoms with Gasteiger partial charge in [0.05, 0.1) is 10.6 Å². The molecule has 6 nitrogen and oxygen atoms in total. The van der Waals surface area contributed by atoms with Gasteiger partial charge in [-0.25, -0.2) is 17.9 Å². The van der Waals surface area contributed by atoms with Gasteiger partial charge in [0.15, 0.2) is 0 Å². The summed E-state index contributed by atoms with van der Waals surface area (Å²) >= 11 is 5.73. The van der Waals surface area contributed by atoms with Crippen LogP contribution in [0.2, 0.25) is 5.02 Å². The van der Waals surface area contributed by atoms with E-state index in [9.17, 15) is 17.6 Å². The molecule has 20 heavy (non-hydrogen) atoms. The maximum absolute atomic E-state index is 13.5. The molecule has 0 spiro atoms. The number of halogens is 2. The lowest BCUT2D eigenvalue weighted by atomic mass is 10.2. The van der Waals surface area contributed by atoms with Gasteiger partial charge >= 0.3 is 0 Å². The minimum absolute atomic E-state index is 0.158. The summed E-state index contributed by atoms with van der Waals surface area (Å²) in [5.41, 5.74) is -0.158. The number of ether oxygens (including phenoxy) is 1. The lowest BCUT2D eigenvalue weighted by Gasteiger charge is -2.09. The van der Waals surface area contributed by atoms with E-state index in [1.807, 2.05) is 0 Å². The standard InChI is InChI=1S/C11H14ClFN2O4S/c1-19-4-2-3-15-11(16)7-5-10(20(14,17)18)9(13)6-8(7)12/h5-6H,2-4H2,1H3,(H,15,16)(H2,14,17,18). The van der Waals surface area contributed by atoms with E-state index >= 15 is 0 Å². The van der Waals surface area contributed by atoms with E-state index in [1.165, 1.54) is 7.11 Å². The molecule has 112 valence electrons. The number of primary sulfonamides is 1. The topological polar surface area (TPSA) is 98.5 Å². The third-order valence-electron chi connectivity index (χ3n) is 2.38. The van der Waals surface area contributed by atoms with Gasteiger partial charge in [0.25, 0.3) is 5.91 Å². The first-order valence-corrected chi connectivity index (χ1v) is 7.48. The molecule has 0 bridgehead atoms. The number of methoxy groups -OCH3 is 1. The van der Waals surface area contributed by atoms with Gasteiger partial charge in [0, 0.05) is 20.3 Å². The number of nitrogens with one attached hydrogen (secondary N) is 1. The Balaban J connectivity index is 2.98. The predicted molar refractivity (Wildman–Crippen MR) is 71.6 cm³/mol. The smallest absolute Gasteiger partial charge is 0.252 e. The maximum atomic E-state index is 13.5. The van der Waals surface area contributed by atoms with E-state index in [2.05, 4.69) is 5.32 Å². The van der Waals surface area contributed by atoms with Gasteiger partial charge in [0.2, 0.25) is 10.0 Å². The molecular weight excluding hydrogens is 311 g/mol. The van der Waals surface area contributed by atoms with E-state index < -0.39 is 26.6 Å². The Kier molecular flexibility index (Phi) is 5.88. The maximum Gasteiger partial charge on any atom is 0.252 e. The van der Waals surface area contributed by atoms with Crippen LogP contribution in [0.25, 0.3) is 0 Å². The number of sulfonamides is 1. The number of carbonyl (C=O) groups is 1. The van der Waals surface area contributed by atoms with E-state index in [0.717, 1.165) is 12.1 Å². The Morgan fingerprint density at radius 2 is 2.15 bits per heavy atom. The molecule has 0 unspecified atom stereocenters. The van der Waals surface area contributed by atoms with Crippen molar-refractivity contribution in [1.29, 1.82) is 0 Å². The first-order valence-electron chi connectivity index (χ1n) is 5.56. The van der Waals surface area contributed by atoms with Crippen molar-refractivity contribution in [3.63, 3.8) is 0 Å². The molecule has 0 heterocycles. The average Bonchev–Trinajstić information content (AvgIpc) is 2.32. The molecule has 3 N–H and O–H groups in total. The SMILES string of the molecule is COCCCNC(=O)c1cc(S(N)(=O)=O)c(F)cc1Cl. The molecule has 0 aliphatic rings. The van der Waals surface area contributed by atoms with Gasteiger partial charge < -0.3 is 10.1 Å². The van der Waals surface area contributed by atoms with Crippen LogP contribution in [0.1, 0.15) is 16.8 Å². The van der Waals surface area contributed by atoms with Gasteiger partial charge in [0.1, 0.15) is 10.7 Å². The summed E-state index contributed by atoms with van der Waals surface area (Å²) in [5.74, 6) is -1.72. The summed E-state index contributed by atoms with van der Waals surface area (Å²) in [7, 11) is -2.74. The van der Waals surface area contributed by atoms with E-state index in [4.69, 9.17) is 21.5 Å². The zero-order valence-corrected chi connectivity index (χ0v) is 12.2. The molecule has 0 aliphatic carbocycles. The third-order valence-corrected chi connectivity index (χ3v) is 3.62. The lowest BCUT2D eigenvalue weighted by molar-refractivity contribution is 0.0948. The Hall–Kier alpha value is -1.22. The van der Waals surface area contributed by atoms with E-state index in [-0.39, 0.29) is 10.6 Å². The number of rotatable bonds is 6. The first kappa shape index (κ1) is 16.8. The van der Waals surface area contributed by atoms with Gasteiger partial charge in [-0.2, -0.15) is 0 Å². The second-order valence-corrected chi connectivity index (χ2v) is 5.85. The average molecular weight is 325 g/mol.